The van der Waals surface area contributed by atoms with E-state index in [1.807, 2.05) is 18.2 Å². The monoisotopic (exact) mass is 370 g/mol. The molecule has 1 fully saturated rings. The SMILES string of the molecule is CNS(=O)(=O)CCNC(=O)CC(c1ccc(OC)c(OC)c1)C1CC1. The Kier molecular flexibility index (Phi) is 6.66. The lowest BCUT2D eigenvalue weighted by atomic mass is 9.90. The number of carbonyl (C=O) groups excluding carboxylic acids is 1. The first kappa shape index (κ1) is 19.5. The Hall–Kier alpha value is -1.80. The molecule has 2 rings (SSSR count). The van der Waals surface area contributed by atoms with Crippen molar-refractivity contribution in [2.45, 2.75) is 25.2 Å². The van der Waals surface area contributed by atoms with Gasteiger partial charge in [0, 0.05) is 13.0 Å². The topological polar surface area (TPSA) is 93.7 Å². The second-order valence-electron chi connectivity index (χ2n) is 6.14. The van der Waals surface area contributed by atoms with Crippen LogP contribution in [0.2, 0.25) is 0 Å². The molecule has 1 amide bonds. The van der Waals surface area contributed by atoms with Gasteiger partial charge in [0.15, 0.2) is 11.5 Å². The summed E-state index contributed by atoms with van der Waals surface area (Å²) >= 11 is 0. The second-order valence-corrected chi connectivity index (χ2v) is 8.18. The molecule has 0 spiro atoms. The van der Waals surface area contributed by atoms with Gasteiger partial charge in [-0.2, -0.15) is 0 Å². The molecular formula is C17H26N2O5S. The molecule has 7 nitrogen and oxygen atoms in total. The van der Waals surface area contributed by atoms with Crippen LogP contribution in [-0.2, 0) is 14.8 Å². The van der Waals surface area contributed by atoms with Crippen LogP contribution in [0.1, 0.15) is 30.7 Å². The van der Waals surface area contributed by atoms with Crippen molar-refractivity contribution in [2.24, 2.45) is 5.92 Å². The summed E-state index contributed by atoms with van der Waals surface area (Å²) in [5, 5.41) is 2.69. The molecule has 1 unspecified atom stereocenters. The van der Waals surface area contributed by atoms with Gasteiger partial charge in [-0.05, 0) is 49.4 Å². The molecule has 0 aliphatic heterocycles. The number of nitrogens with one attached hydrogen (secondary N) is 2. The number of benzene rings is 1. The number of methoxy groups -OCH3 is 2. The molecule has 8 heteroatoms. The maximum absolute atomic E-state index is 12.2. The van der Waals surface area contributed by atoms with Gasteiger partial charge in [0.25, 0.3) is 0 Å². The molecule has 0 radical (unpaired) electrons. The van der Waals surface area contributed by atoms with E-state index in [1.54, 1.807) is 14.2 Å². The lowest BCUT2D eigenvalue weighted by molar-refractivity contribution is -0.121. The number of amides is 1. The molecular weight excluding hydrogens is 344 g/mol. The summed E-state index contributed by atoms with van der Waals surface area (Å²) in [4.78, 5) is 12.2. The van der Waals surface area contributed by atoms with Crippen molar-refractivity contribution < 1.29 is 22.7 Å². The zero-order chi connectivity index (χ0) is 18.4. The van der Waals surface area contributed by atoms with Crippen molar-refractivity contribution in [1.29, 1.82) is 0 Å². The van der Waals surface area contributed by atoms with Crippen LogP contribution in [0.25, 0.3) is 0 Å². The molecule has 25 heavy (non-hydrogen) atoms. The van der Waals surface area contributed by atoms with Crippen molar-refractivity contribution in [1.82, 2.24) is 10.0 Å². The fourth-order valence-electron chi connectivity index (χ4n) is 2.84. The summed E-state index contributed by atoms with van der Waals surface area (Å²) in [6.45, 7) is 0.103. The first-order valence-corrected chi connectivity index (χ1v) is 9.95. The molecule has 1 aromatic carbocycles. The number of sulfonamides is 1. The van der Waals surface area contributed by atoms with Crippen molar-refractivity contribution in [3.63, 3.8) is 0 Å². The Labute approximate surface area is 149 Å². The van der Waals surface area contributed by atoms with E-state index in [1.165, 1.54) is 7.05 Å². The summed E-state index contributed by atoms with van der Waals surface area (Å²) < 4.78 is 35.6. The van der Waals surface area contributed by atoms with Gasteiger partial charge < -0.3 is 14.8 Å². The van der Waals surface area contributed by atoms with Gasteiger partial charge in [0.2, 0.25) is 15.9 Å². The lowest BCUT2D eigenvalue weighted by Crippen LogP contribution is -2.33. The first-order chi connectivity index (χ1) is 11.9. The molecule has 0 saturated heterocycles. The third-order valence-electron chi connectivity index (χ3n) is 4.44. The van der Waals surface area contributed by atoms with E-state index >= 15 is 0 Å². The van der Waals surface area contributed by atoms with Crippen LogP contribution in [-0.4, -0.2) is 47.9 Å². The average Bonchev–Trinajstić information content (AvgIpc) is 3.43. The number of hydrogen-bond donors (Lipinski definition) is 2. The highest BCUT2D eigenvalue weighted by molar-refractivity contribution is 7.89. The van der Waals surface area contributed by atoms with Crippen LogP contribution in [0.5, 0.6) is 11.5 Å². The molecule has 0 heterocycles. The van der Waals surface area contributed by atoms with Gasteiger partial charge in [-0.15, -0.1) is 0 Å². The minimum Gasteiger partial charge on any atom is -0.493 e. The summed E-state index contributed by atoms with van der Waals surface area (Å²) in [5.41, 5.74) is 1.04. The van der Waals surface area contributed by atoms with Crippen molar-refractivity contribution in [2.75, 3.05) is 33.6 Å². The summed E-state index contributed by atoms with van der Waals surface area (Å²) in [6.07, 6.45) is 2.53. The van der Waals surface area contributed by atoms with Gasteiger partial charge in [-0.1, -0.05) is 6.07 Å². The van der Waals surface area contributed by atoms with Gasteiger partial charge in [0.05, 0.1) is 20.0 Å². The Morgan fingerprint density at radius 1 is 1.24 bits per heavy atom. The molecule has 1 aromatic rings. The fourth-order valence-corrected chi connectivity index (χ4v) is 3.41. The zero-order valence-corrected chi connectivity index (χ0v) is 15.7. The summed E-state index contributed by atoms with van der Waals surface area (Å²) in [7, 11) is 1.22. The normalized spacial score (nSPS) is 15.5. The molecule has 0 aromatic heterocycles. The van der Waals surface area contributed by atoms with Gasteiger partial charge in [-0.25, -0.2) is 13.1 Å². The molecule has 1 aliphatic rings. The van der Waals surface area contributed by atoms with Gasteiger partial charge >= 0.3 is 0 Å². The lowest BCUT2D eigenvalue weighted by Gasteiger charge is -2.18. The van der Waals surface area contributed by atoms with Gasteiger partial charge in [0.1, 0.15) is 0 Å². The largest absolute Gasteiger partial charge is 0.493 e. The molecule has 140 valence electrons. The maximum atomic E-state index is 12.2. The second kappa shape index (κ2) is 8.53. The van der Waals surface area contributed by atoms with E-state index in [0.29, 0.717) is 23.8 Å². The van der Waals surface area contributed by atoms with Crippen molar-refractivity contribution >= 4 is 15.9 Å². The predicted molar refractivity (Wildman–Crippen MR) is 95.5 cm³/mol. The van der Waals surface area contributed by atoms with Crippen molar-refractivity contribution in [3.05, 3.63) is 23.8 Å². The van der Waals surface area contributed by atoms with E-state index in [4.69, 9.17) is 9.47 Å². The van der Waals surface area contributed by atoms with Crippen LogP contribution in [0.4, 0.5) is 0 Å². The number of carbonyl (C=O) groups is 1. The minimum atomic E-state index is -3.31. The van der Waals surface area contributed by atoms with Crippen LogP contribution in [0.3, 0.4) is 0 Å². The van der Waals surface area contributed by atoms with E-state index in [2.05, 4.69) is 10.0 Å². The highest BCUT2D eigenvalue weighted by Gasteiger charge is 2.34. The predicted octanol–water partition coefficient (Wildman–Crippen LogP) is 1.25. The van der Waals surface area contributed by atoms with Crippen LogP contribution in [0.15, 0.2) is 18.2 Å². The Bertz CT molecular complexity index is 701. The Balaban J connectivity index is 2.00. The molecule has 1 aliphatic carbocycles. The zero-order valence-electron chi connectivity index (χ0n) is 14.9. The number of hydrogen-bond acceptors (Lipinski definition) is 5. The molecule has 1 saturated carbocycles. The summed E-state index contributed by atoms with van der Waals surface area (Å²) in [6, 6.07) is 5.73. The smallest absolute Gasteiger partial charge is 0.220 e. The van der Waals surface area contributed by atoms with E-state index in [-0.39, 0.29) is 24.1 Å². The molecule has 0 bridgehead atoms. The third kappa shape index (κ3) is 5.61. The standard InChI is InChI=1S/C17H26N2O5S/c1-18-25(21,22)9-8-19-17(20)11-14(12-4-5-12)13-6-7-15(23-2)16(10-13)24-3/h6-7,10,12,14,18H,4-5,8-9,11H2,1-3H3,(H,19,20). The van der Waals surface area contributed by atoms with Crippen molar-refractivity contribution in [3.8, 4) is 11.5 Å². The maximum Gasteiger partial charge on any atom is 0.220 e. The highest BCUT2D eigenvalue weighted by Crippen LogP contribution is 2.46. The van der Waals surface area contributed by atoms with E-state index < -0.39 is 10.0 Å². The minimum absolute atomic E-state index is 0.0979. The first-order valence-electron chi connectivity index (χ1n) is 8.30. The summed E-state index contributed by atoms with van der Waals surface area (Å²) in [5.74, 6) is 1.61. The number of rotatable bonds is 10. The average molecular weight is 370 g/mol. The van der Waals surface area contributed by atoms with E-state index in [0.717, 1.165) is 18.4 Å². The van der Waals surface area contributed by atoms with Crippen LogP contribution < -0.4 is 19.5 Å². The molecule has 2 N–H and O–H groups in total. The third-order valence-corrected chi connectivity index (χ3v) is 5.80. The quantitative estimate of drug-likeness (QED) is 0.647. The molecule has 1 atom stereocenters. The van der Waals surface area contributed by atoms with Crippen LogP contribution >= 0.6 is 0 Å². The van der Waals surface area contributed by atoms with E-state index in [9.17, 15) is 13.2 Å². The van der Waals surface area contributed by atoms with Crippen LogP contribution in [0, 0.1) is 5.92 Å². The highest BCUT2D eigenvalue weighted by atomic mass is 32.2. The Morgan fingerprint density at radius 3 is 2.48 bits per heavy atom. The van der Waals surface area contributed by atoms with Gasteiger partial charge in [-0.3, -0.25) is 4.79 Å². The number of ether oxygens (including phenoxy) is 2. The fraction of sp³-hybridized carbons (Fsp3) is 0.588. The Morgan fingerprint density at radius 2 is 1.92 bits per heavy atom.